The summed E-state index contributed by atoms with van der Waals surface area (Å²) < 4.78 is 3.88. The van der Waals surface area contributed by atoms with Crippen molar-refractivity contribution in [2.75, 3.05) is 0 Å². The van der Waals surface area contributed by atoms with Gasteiger partial charge in [-0.15, -0.1) is 10.2 Å². The van der Waals surface area contributed by atoms with Gasteiger partial charge >= 0.3 is 0 Å². The highest BCUT2D eigenvalue weighted by Crippen LogP contribution is 2.18. The number of hydrogen-bond acceptors (Lipinski definition) is 4. The minimum Gasteiger partial charge on any atom is -0.345 e. The first kappa shape index (κ1) is 14.7. The molecule has 1 aliphatic heterocycles. The number of nitrogens with zero attached hydrogens (tertiary/aromatic N) is 5. The van der Waals surface area contributed by atoms with Crippen molar-refractivity contribution in [1.29, 1.82) is 0 Å². The summed E-state index contributed by atoms with van der Waals surface area (Å²) in [6.07, 6.45) is 4.84. The lowest BCUT2D eigenvalue weighted by Crippen LogP contribution is -2.26. The molecule has 3 heterocycles. The van der Waals surface area contributed by atoms with Gasteiger partial charge in [0.25, 0.3) is 5.91 Å². The van der Waals surface area contributed by atoms with E-state index in [1.807, 2.05) is 16.3 Å². The second-order valence-corrected chi connectivity index (χ2v) is 6.06. The molecule has 3 rings (SSSR count). The van der Waals surface area contributed by atoms with E-state index < -0.39 is 0 Å². The molecule has 7 heteroatoms. The van der Waals surface area contributed by atoms with Crippen LogP contribution in [0.1, 0.15) is 60.3 Å². The summed E-state index contributed by atoms with van der Waals surface area (Å²) in [5.41, 5.74) is 1.73. The van der Waals surface area contributed by atoms with E-state index in [4.69, 9.17) is 0 Å². The van der Waals surface area contributed by atoms with Crippen LogP contribution in [-0.4, -0.2) is 30.5 Å². The fourth-order valence-corrected chi connectivity index (χ4v) is 2.90. The second kappa shape index (κ2) is 5.90. The SMILES string of the molecule is CC(C)c1nnc(CNC(=O)c2cnn3c2CCCC3)n1C. The lowest BCUT2D eigenvalue weighted by Gasteiger charge is -2.14. The summed E-state index contributed by atoms with van der Waals surface area (Å²) in [4.78, 5) is 12.4. The van der Waals surface area contributed by atoms with Crippen LogP contribution in [0.2, 0.25) is 0 Å². The van der Waals surface area contributed by atoms with Gasteiger partial charge in [-0.05, 0) is 19.3 Å². The Morgan fingerprint density at radius 1 is 1.36 bits per heavy atom. The van der Waals surface area contributed by atoms with Crippen LogP contribution >= 0.6 is 0 Å². The van der Waals surface area contributed by atoms with Crippen LogP contribution in [0.5, 0.6) is 0 Å². The summed E-state index contributed by atoms with van der Waals surface area (Å²) in [5, 5.41) is 15.6. The van der Waals surface area contributed by atoms with Gasteiger partial charge in [0.05, 0.1) is 24.0 Å². The molecule has 7 nitrogen and oxygen atoms in total. The number of aryl methyl sites for hydroxylation is 1. The molecule has 0 saturated carbocycles. The summed E-state index contributed by atoms with van der Waals surface area (Å²) in [6.45, 7) is 5.43. The van der Waals surface area contributed by atoms with E-state index in [1.54, 1.807) is 6.20 Å². The van der Waals surface area contributed by atoms with Gasteiger partial charge in [0.15, 0.2) is 5.82 Å². The molecule has 22 heavy (non-hydrogen) atoms. The zero-order valence-corrected chi connectivity index (χ0v) is 13.3. The minimum absolute atomic E-state index is 0.0859. The smallest absolute Gasteiger partial charge is 0.255 e. The third-order valence-electron chi connectivity index (χ3n) is 4.15. The van der Waals surface area contributed by atoms with E-state index in [0.717, 1.165) is 43.1 Å². The van der Waals surface area contributed by atoms with E-state index in [-0.39, 0.29) is 5.91 Å². The first-order chi connectivity index (χ1) is 10.6. The number of aromatic nitrogens is 5. The predicted octanol–water partition coefficient (Wildman–Crippen LogP) is 1.40. The standard InChI is InChI=1S/C15H22N6O/c1-10(2)14-19-18-13(20(14)3)9-16-15(22)11-8-17-21-7-5-4-6-12(11)21/h8,10H,4-7,9H2,1-3H3,(H,16,22). The first-order valence-corrected chi connectivity index (χ1v) is 7.79. The molecule has 1 amide bonds. The van der Waals surface area contributed by atoms with Crippen LogP contribution < -0.4 is 5.32 Å². The molecule has 2 aromatic heterocycles. The predicted molar refractivity (Wildman–Crippen MR) is 81.4 cm³/mol. The van der Waals surface area contributed by atoms with E-state index in [0.29, 0.717) is 18.0 Å². The normalized spacial score (nSPS) is 14.2. The zero-order valence-electron chi connectivity index (χ0n) is 13.3. The van der Waals surface area contributed by atoms with E-state index >= 15 is 0 Å². The molecule has 0 spiro atoms. The molecule has 1 aliphatic rings. The number of fused-ring (bicyclic) bond motifs is 1. The Bertz CT molecular complexity index is 684. The molecular formula is C15H22N6O. The fourth-order valence-electron chi connectivity index (χ4n) is 2.90. The minimum atomic E-state index is -0.0859. The average Bonchev–Trinajstić information content (AvgIpc) is 3.08. The summed E-state index contributed by atoms with van der Waals surface area (Å²) in [6, 6.07) is 0. The van der Waals surface area contributed by atoms with Crippen LogP contribution in [0.4, 0.5) is 0 Å². The van der Waals surface area contributed by atoms with Gasteiger partial charge in [0, 0.05) is 19.5 Å². The zero-order chi connectivity index (χ0) is 15.7. The van der Waals surface area contributed by atoms with E-state index in [1.165, 1.54) is 0 Å². The summed E-state index contributed by atoms with van der Waals surface area (Å²) in [5.74, 6) is 1.91. The quantitative estimate of drug-likeness (QED) is 0.926. The molecule has 0 fully saturated rings. The highest BCUT2D eigenvalue weighted by molar-refractivity contribution is 5.95. The molecule has 0 bridgehead atoms. The second-order valence-electron chi connectivity index (χ2n) is 6.06. The average molecular weight is 302 g/mol. The largest absolute Gasteiger partial charge is 0.345 e. The monoisotopic (exact) mass is 302 g/mol. The van der Waals surface area contributed by atoms with Crippen molar-refractivity contribution in [2.45, 2.75) is 52.1 Å². The Balaban J connectivity index is 1.69. The Kier molecular flexibility index (Phi) is 3.96. The van der Waals surface area contributed by atoms with Gasteiger partial charge in [0.1, 0.15) is 5.82 Å². The number of carbonyl (C=O) groups is 1. The third-order valence-corrected chi connectivity index (χ3v) is 4.15. The maximum atomic E-state index is 12.4. The number of nitrogens with one attached hydrogen (secondary N) is 1. The molecule has 118 valence electrons. The van der Waals surface area contributed by atoms with Crippen molar-refractivity contribution >= 4 is 5.91 Å². The molecule has 0 atom stereocenters. The molecule has 1 N–H and O–H groups in total. The molecule has 0 aliphatic carbocycles. The Hall–Kier alpha value is -2.18. The van der Waals surface area contributed by atoms with Crippen LogP contribution in [0.15, 0.2) is 6.20 Å². The van der Waals surface area contributed by atoms with Crippen LogP contribution in [-0.2, 0) is 26.6 Å². The molecule has 0 aromatic carbocycles. The van der Waals surface area contributed by atoms with Gasteiger partial charge in [-0.25, -0.2) is 0 Å². The topological polar surface area (TPSA) is 77.6 Å². The van der Waals surface area contributed by atoms with Crippen LogP contribution in [0.25, 0.3) is 0 Å². The van der Waals surface area contributed by atoms with Gasteiger partial charge < -0.3 is 9.88 Å². The Morgan fingerprint density at radius 3 is 2.91 bits per heavy atom. The maximum Gasteiger partial charge on any atom is 0.255 e. The maximum absolute atomic E-state index is 12.4. The molecular weight excluding hydrogens is 280 g/mol. The van der Waals surface area contributed by atoms with E-state index in [2.05, 4.69) is 34.5 Å². The van der Waals surface area contributed by atoms with Crippen LogP contribution in [0.3, 0.4) is 0 Å². The van der Waals surface area contributed by atoms with Crippen molar-refractivity contribution in [3.63, 3.8) is 0 Å². The summed E-state index contributed by atoms with van der Waals surface area (Å²) in [7, 11) is 1.93. The number of amides is 1. The Labute approximate surface area is 129 Å². The van der Waals surface area contributed by atoms with Gasteiger partial charge in [-0.2, -0.15) is 5.10 Å². The highest BCUT2D eigenvalue weighted by atomic mass is 16.1. The summed E-state index contributed by atoms with van der Waals surface area (Å²) >= 11 is 0. The van der Waals surface area contributed by atoms with Crippen molar-refractivity contribution in [2.24, 2.45) is 7.05 Å². The number of hydrogen-bond donors (Lipinski definition) is 1. The molecule has 0 unspecified atom stereocenters. The van der Waals surface area contributed by atoms with Gasteiger partial charge in [0.2, 0.25) is 0 Å². The van der Waals surface area contributed by atoms with Crippen molar-refractivity contribution in [3.8, 4) is 0 Å². The van der Waals surface area contributed by atoms with Gasteiger partial charge in [-0.3, -0.25) is 9.48 Å². The number of carbonyl (C=O) groups excluding carboxylic acids is 1. The fraction of sp³-hybridized carbons (Fsp3) is 0.600. The van der Waals surface area contributed by atoms with Crippen molar-refractivity contribution in [1.82, 2.24) is 29.9 Å². The van der Waals surface area contributed by atoms with E-state index in [9.17, 15) is 4.79 Å². The highest BCUT2D eigenvalue weighted by Gasteiger charge is 2.20. The lowest BCUT2D eigenvalue weighted by molar-refractivity contribution is 0.0948. The molecule has 0 saturated heterocycles. The molecule has 0 radical (unpaired) electrons. The van der Waals surface area contributed by atoms with Gasteiger partial charge in [-0.1, -0.05) is 13.8 Å². The third kappa shape index (κ3) is 2.63. The van der Waals surface area contributed by atoms with Crippen molar-refractivity contribution < 1.29 is 4.79 Å². The lowest BCUT2D eigenvalue weighted by atomic mass is 10.1. The number of rotatable bonds is 4. The Morgan fingerprint density at radius 2 is 2.18 bits per heavy atom. The van der Waals surface area contributed by atoms with Crippen LogP contribution in [0, 0.1) is 0 Å². The van der Waals surface area contributed by atoms with Crippen molar-refractivity contribution in [3.05, 3.63) is 29.1 Å². The first-order valence-electron chi connectivity index (χ1n) is 7.79. The molecule has 2 aromatic rings.